The Morgan fingerprint density at radius 1 is 0.972 bits per heavy atom. The zero-order chi connectivity index (χ0) is 24.6. The lowest BCUT2D eigenvalue weighted by Gasteiger charge is -2.34. The molecule has 2 unspecified atom stereocenters. The van der Waals surface area contributed by atoms with Crippen molar-refractivity contribution in [3.05, 3.63) is 65.6 Å². The molecule has 188 valence electrons. The highest BCUT2D eigenvalue weighted by molar-refractivity contribution is 6.05. The molecule has 36 heavy (non-hydrogen) atoms. The highest BCUT2D eigenvalue weighted by atomic mass is 19.1. The zero-order valence-electron chi connectivity index (χ0n) is 20.3. The Hall–Kier alpha value is -3.26. The van der Waals surface area contributed by atoms with Crippen molar-refractivity contribution in [2.45, 2.75) is 56.5 Å². The van der Waals surface area contributed by atoms with Crippen LogP contribution in [0.5, 0.6) is 0 Å². The summed E-state index contributed by atoms with van der Waals surface area (Å²) in [5.74, 6) is -0.218. The molecule has 3 heterocycles. The summed E-state index contributed by atoms with van der Waals surface area (Å²) >= 11 is 0. The molecule has 1 aliphatic carbocycles. The number of imide groups is 1. The fraction of sp³-hybridized carbons (Fsp3) is 0.464. The van der Waals surface area contributed by atoms with Gasteiger partial charge in [-0.25, -0.2) is 9.18 Å². The lowest BCUT2D eigenvalue weighted by Crippen LogP contribution is -2.44. The standard InChI is InChI=1S/C28H31FN4O3/c29-21-10-11-22-25(18-21)36-30-26(22)19-12-14-31(15-13-19)16-17-32-23-8-4-5-9-24(23)33(28(32)35)27(34)20-6-2-1-3-7-20/h1-3,6-7,10-11,18-19,23-24H,4-5,8-9,12-17H2. The van der Waals surface area contributed by atoms with Gasteiger partial charge in [-0.2, -0.15) is 0 Å². The van der Waals surface area contributed by atoms with E-state index in [0.717, 1.165) is 69.2 Å². The van der Waals surface area contributed by atoms with E-state index in [9.17, 15) is 14.0 Å². The Bertz CT molecular complexity index is 1250. The SMILES string of the molecule is O=C(c1ccccc1)N1C(=O)N(CCN2CCC(c3noc4cc(F)ccc34)CC2)C2CCCCC21. The number of urea groups is 1. The van der Waals surface area contributed by atoms with Crippen LogP contribution in [-0.2, 0) is 0 Å². The second-order valence-electron chi connectivity index (χ2n) is 10.3. The normalized spacial score (nSPS) is 23.4. The van der Waals surface area contributed by atoms with Gasteiger partial charge in [0.05, 0.1) is 17.8 Å². The quantitative estimate of drug-likeness (QED) is 0.501. The van der Waals surface area contributed by atoms with Crippen molar-refractivity contribution < 1.29 is 18.5 Å². The molecule has 2 aliphatic heterocycles. The molecule has 0 radical (unpaired) electrons. The lowest BCUT2D eigenvalue weighted by molar-refractivity contribution is 0.0757. The fourth-order valence-electron chi connectivity index (χ4n) is 6.30. The molecular formula is C28H31FN4O3. The smallest absolute Gasteiger partial charge is 0.327 e. The molecular weight excluding hydrogens is 459 g/mol. The van der Waals surface area contributed by atoms with Crippen molar-refractivity contribution in [2.24, 2.45) is 0 Å². The Morgan fingerprint density at radius 3 is 2.50 bits per heavy atom. The molecule has 2 atom stereocenters. The van der Waals surface area contributed by atoms with E-state index in [1.807, 2.05) is 23.1 Å². The summed E-state index contributed by atoms with van der Waals surface area (Å²) in [5.41, 5.74) is 1.98. The number of carbonyl (C=O) groups excluding carboxylic acids is 2. The monoisotopic (exact) mass is 490 g/mol. The highest BCUT2D eigenvalue weighted by Crippen LogP contribution is 2.36. The van der Waals surface area contributed by atoms with Gasteiger partial charge >= 0.3 is 6.03 Å². The Morgan fingerprint density at radius 2 is 1.72 bits per heavy atom. The van der Waals surface area contributed by atoms with Crippen molar-refractivity contribution in [3.63, 3.8) is 0 Å². The van der Waals surface area contributed by atoms with Gasteiger partial charge in [0.1, 0.15) is 5.82 Å². The Balaban J connectivity index is 1.09. The summed E-state index contributed by atoms with van der Waals surface area (Å²) in [6.45, 7) is 3.24. The van der Waals surface area contributed by atoms with Gasteiger partial charge < -0.3 is 14.3 Å². The van der Waals surface area contributed by atoms with E-state index in [0.29, 0.717) is 17.7 Å². The molecule has 0 N–H and O–H groups in total. The number of nitrogens with zero attached hydrogens (tertiary/aromatic N) is 4. The van der Waals surface area contributed by atoms with E-state index in [2.05, 4.69) is 10.1 Å². The minimum absolute atomic E-state index is 0.0324. The van der Waals surface area contributed by atoms with Crippen LogP contribution in [0, 0.1) is 5.82 Å². The fourth-order valence-corrected chi connectivity index (χ4v) is 6.30. The zero-order valence-corrected chi connectivity index (χ0v) is 20.3. The third kappa shape index (κ3) is 4.17. The molecule has 3 fully saturated rings. The van der Waals surface area contributed by atoms with Gasteiger partial charge in [0.25, 0.3) is 5.91 Å². The Kier molecular flexibility index (Phi) is 6.21. The molecule has 0 bridgehead atoms. The predicted octanol–water partition coefficient (Wildman–Crippen LogP) is 5.04. The molecule has 7 nitrogen and oxygen atoms in total. The van der Waals surface area contributed by atoms with Crippen LogP contribution in [0.1, 0.15) is 60.5 Å². The maximum atomic E-state index is 13.5. The summed E-state index contributed by atoms with van der Waals surface area (Å²) in [4.78, 5) is 32.6. The second-order valence-corrected chi connectivity index (χ2v) is 10.3. The van der Waals surface area contributed by atoms with Crippen LogP contribution in [0.2, 0.25) is 0 Å². The highest BCUT2D eigenvalue weighted by Gasteiger charge is 2.49. The summed E-state index contributed by atoms with van der Waals surface area (Å²) in [7, 11) is 0. The van der Waals surface area contributed by atoms with Crippen molar-refractivity contribution in [2.75, 3.05) is 26.2 Å². The van der Waals surface area contributed by atoms with E-state index < -0.39 is 0 Å². The first-order valence-corrected chi connectivity index (χ1v) is 13.1. The second kappa shape index (κ2) is 9.65. The number of hydrogen-bond acceptors (Lipinski definition) is 5. The first kappa shape index (κ1) is 23.2. The first-order chi connectivity index (χ1) is 17.6. The number of carbonyl (C=O) groups is 2. The van der Waals surface area contributed by atoms with Crippen molar-refractivity contribution in [1.29, 1.82) is 0 Å². The molecule has 0 spiro atoms. The van der Waals surface area contributed by atoms with Crippen molar-refractivity contribution in [3.8, 4) is 0 Å². The Labute approximate surface area is 209 Å². The van der Waals surface area contributed by atoms with Crippen molar-refractivity contribution in [1.82, 2.24) is 19.9 Å². The molecule has 1 saturated carbocycles. The van der Waals surface area contributed by atoms with Crippen LogP contribution in [-0.4, -0.2) is 70.1 Å². The number of rotatable bonds is 5. The van der Waals surface area contributed by atoms with Crippen LogP contribution < -0.4 is 0 Å². The molecule has 2 saturated heterocycles. The number of piperidine rings is 1. The summed E-state index contributed by atoms with van der Waals surface area (Å²) < 4.78 is 18.9. The van der Waals surface area contributed by atoms with Gasteiger partial charge in [0.2, 0.25) is 0 Å². The van der Waals surface area contributed by atoms with E-state index in [1.165, 1.54) is 17.0 Å². The minimum atomic E-state index is -0.319. The summed E-state index contributed by atoms with van der Waals surface area (Å²) in [6.07, 6.45) is 5.87. The maximum Gasteiger partial charge on any atom is 0.327 e. The third-order valence-electron chi connectivity index (χ3n) is 8.21. The number of fused-ring (bicyclic) bond motifs is 2. The molecule has 1 aromatic heterocycles. The number of halogens is 1. The largest absolute Gasteiger partial charge is 0.356 e. The van der Waals surface area contributed by atoms with Gasteiger partial charge in [-0.1, -0.05) is 36.2 Å². The van der Waals surface area contributed by atoms with E-state index in [-0.39, 0.29) is 35.8 Å². The average Bonchev–Trinajstić information content (AvgIpc) is 3.45. The number of hydrogen-bond donors (Lipinski definition) is 0. The van der Waals surface area contributed by atoms with Crippen LogP contribution in [0.15, 0.2) is 53.1 Å². The number of amides is 3. The molecule has 3 amide bonds. The van der Waals surface area contributed by atoms with Crippen molar-refractivity contribution >= 4 is 22.9 Å². The number of benzene rings is 2. The van der Waals surface area contributed by atoms with E-state index in [1.54, 1.807) is 18.2 Å². The lowest BCUT2D eigenvalue weighted by atomic mass is 9.90. The maximum absolute atomic E-state index is 13.5. The summed E-state index contributed by atoms with van der Waals surface area (Å²) in [6, 6.07) is 13.7. The van der Waals surface area contributed by atoms with Crippen LogP contribution in [0.3, 0.4) is 0 Å². The summed E-state index contributed by atoms with van der Waals surface area (Å²) in [5, 5.41) is 5.14. The van der Waals surface area contributed by atoms with Crippen LogP contribution in [0.25, 0.3) is 11.0 Å². The molecule has 8 heteroatoms. The molecule has 6 rings (SSSR count). The van der Waals surface area contributed by atoms with Gasteiger partial charge in [-0.05, 0) is 63.0 Å². The third-order valence-corrected chi connectivity index (χ3v) is 8.21. The predicted molar refractivity (Wildman–Crippen MR) is 133 cm³/mol. The number of aromatic nitrogens is 1. The van der Waals surface area contributed by atoms with Gasteiger partial charge in [0, 0.05) is 36.0 Å². The van der Waals surface area contributed by atoms with E-state index >= 15 is 0 Å². The van der Waals surface area contributed by atoms with Crippen LogP contribution in [0.4, 0.5) is 9.18 Å². The minimum Gasteiger partial charge on any atom is -0.356 e. The molecule has 3 aromatic rings. The first-order valence-electron chi connectivity index (χ1n) is 13.1. The van der Waals surface area contributed by atoms with E-state index in [4.69, 9.17) is 4.52 Å². The van der Waals surface area contributed by atoms with Crippen LogP contribution >= 0.6 is 0 Å². The molecule has 3 aliphatic rings. The topological polar surface area (TPSA) is 69.9 Å². The average molecular weight is 491 g/mol. The molecule has 2 aromatic carbocycles. The van der Waals surface area contributed by atoms with Gasteiger partial charge in [-0.15, -0.1) is 0 Å². The number of likely N-dealkylation sites (tertiary alicyclic amines) is 1. The van der Waals surface area contributed by atoms with Gasteiger partial charge in [-0.3, -0.25) is 9.69 Å². The van der Waals surface area contributed by atoms with Gasteiger partial charge in [0.15, 0.2) is 5.58 Å².